The van der Waals surface area contributed by atoms with Crippen LogP contribution in [0, 0.1) is 0 Å². The molecule has 0 spiro atoms. The zero-order valence-electron chi connectivity index (χ0n) is 10.8. The number of carbonyl (C=O) groups is 1. The maximum absolute atomic E-state index is 12.1. The van der Waals surface area contributed by atoms with Gasteiger partial charge in [0.15, 0.2) is 5.60 Å². The van der Waals surface area contributed by atoms with Crippen LogP contribution in [0.25, 0.3) is 0 Å². The third-order valence-corrected chi connectivity index (χ3v) is 3.14. The van der Waals surface area contributed by atoms with E-state index in [0.29, 0.717) is 17.0 Å². The highest BCUT2D eigenvalue weighted by molar-refractivity contribution is 6.01. The number of benzene rings is 1. The van der Waals surface area contributed by atoms with Gasteiger partial charge in [0.05, 0.1) is 11.8 Å². The highest BCUT2D eigenvalue weighted by atomic mass is 16.5. The molecule has 0 fully saturated rings. The molecule has 0 saturated heterocycles. The van der Waals surface area contributed by atoms with Gasteiger partial charge in [-0.25, -0.2) is 0 Å². The number of anilines is 1. The Bertz CT molecular complexity index is 485. The minimum atomic E-state index is -0.865. The van der Waals surface area contributed by atoms with Crippen LogP contribution in [-0.4, -0.2) is 30.2 Å². The van der Waals surface area contributed by atoms with Gasteiger partial charge in [-0.1, -0.05) is 6.07 Å². The van der Waals surface area contributed by atoms with Gasteiger partial charge in [-0.05, 0) is 31.5 Å². The van der Waals surface area contributed by atoms with Crippen molar-refractivity contribution in [3.8, 4) is 5.75 Å². The molecule has 1 aromatic carbocycles. The number of likely N-dealkylation sites (N-methyl/N-ethyl adjacent to an activating group) is 1. The average molecular weight is 250 g/mol. The van der Waals surface area contributed by atoms with E-state index >= 15 is 0 Å². The predicted molar refractivity (Wildman–Crippen MR) is 68.6 cm³/mol. The molecule has 18 heavy (non-hydrogen) atoms. The number of rotatable bonds is 2. The topological polar surface area (TPSA) is 75.8 Å². The Morgan fingerprint density at radius 2 is 2.17 bits per heavy atom. The molecule has 0 bridgehead atoms. The first-order chi connectivity index (χ1) is 8.36. The van der Waals surface area contributed by atoms with Gasteiger partial charge < -0.3 is 20.5 Å². The highest BCUT2D eigenvalue weighted by Crippen LogP contribution is 2.38. The molecule has 1 aromatic rings. The lowest BCUT2D eigenvalue weighted by Crippen LogP contribution is -2.50. The van der Waals surface area contributed by atoms with Gasteiger partial charge in [0.1, 0.15) is 5.75 Å². The van der Waals surface area contributed by atoms with E-state index in [9.17, 15) is 9.90 Å². The van der Waals surface area contributed by atoms with Crippen molar-refractivity contribution >= 4 is 11.6 Å². The second-order valence-electron chi connectivity index (χ2n) is 4.96. The van der Waals surface area contributed by atoms with Crippen LogP contribution in [0.5, 0.6) is 5.75 Å². The summed E-state index contributed by atoms with van der Waals surface area (Å²) in [5.74, 6) is 0.518. The summed E-state index contributed by atoms with van der Waals surface area (Å²) in [4.78, 5) is 13.6. The highest BCUT2D eigenvalue weighted by Gasteiger charge is 2.39. The van der Waals surface area contributed by atoms with Crippen molar-refractivity contribution in [1.29, 1.82) is 0 Å². The van der Waals surface area contributed by atoms with E-state index in [-0.39, 0.29) is 12.5 Å². The van der Waals surface area contributed by atoms with Crippen molar-refractivity contribution < 1.29 is 14.6 Å². The average Bonchev–Trinajstić information content (AvgIpc) is 2.34. The molecule has 0 saturated carbocycles. The molecule has 5 nitrogen and oxygen atoms in total. The first-order valence-electron chi connectivity index (χ1n) is 5.86. The Labute approximate surface area is 106 Å². The molecule has 1 aliphatic heterocycles. The van der Waals surface area contributed by atoms with Gasteiger partial charge in [0.2, 0.25) is 0 Å². The maximum Gasteiger partial charge on any atom is 0.270 e. The number of ether oxygens (including phenoxy) is 1. The van der Waals surface area contributed by atoms with Gasteiger partial charge in [0.25, 0.3) is 5.91 Å². The number of nitrogens with two attached hydrogens (primary N) is 1. The van der Waals surface area contributed by atoms with Crippen LogP contribution in [0.1, 0.15) is 25.5 Å². The van der Waals surface area contributed by atoms with E-state index in [4.69, 9.17) is 10.5 Å². The summed E-state index contributed by atoms with van der Waals surface area (Å²) in [6.07, 6.45) is -0.728. The third kappa shape index (κ3) is 1.95. The molecule has 1 unspecified atom stereocenters. The number of nitrogens with zero attached hydrogens (tertiary/aromatic N) is 1. The van der Waals surface area contributed by atoms with E-state index in [0.717, 1.165) is 0 Å². The fourth-order valence-corrected chi connectivity index (χ4v) is 2.06. The first kappa shape index (κ1) is 12.9. The van der Waals surface area contributed by atoms with Crippen molar-refractivity contribution in [2.24, 2.45) is 5.73 Å². The fraction of sp³-hybridized carbons (Fsp3) is 0.462. The summed E-state index contributed by atoms with van der Waals surface area (Å²) in [6.45, 7) is 3.61. The summed E-state index contributed by atoms with van der Waals surface area (Å²) in [5, 5.41) is 9.72. The fourth-order valence-electron chi connectivity index (χ4n) is 2.06. The lowest BCUT2D eigenvalue weighted by atomic mass is 10.0. The van der Waals surface area contributed by atoms with E-state index in [1.165, 1.54) is 0 Å². The molecule has 2 rings (SSSR count). The van der Waals surface area contributed by atoms with Crippen LogP contribution in [-0.2, 0) is 4.79 Å². The molecule has 98 valence electrons. The van der Waals surface area contributed by atoms with Crippen molar-refractivity contribution in [1.82, 2.24) is 0 Å². The summed E-state index contributed by atoms with van der Waals surface area (Å²) in [7, 11) is 1.70. The molecule has 0 aliphatic carbocycles. The van der Waals surface area contributed by atoms with Crippen LogP contribution in [0.2, 0.25) is 0 Å². The van der Waals surface area contributed by atoms with Gasteiger partial charge in [-0.2, -0.15) is 0 Å². The molecular formula is C13H18N2O3. The quantitative estimate of drug-likeness (QED) is 0.814. The van der Waals surface area contributed by atoms with Crippen molar-refractivity contribution in [2.45, 2.75) is 25.6 Å². The normalized spacial score (nSPS) is 19.2. The Balaban J connectivity index is 2.46. The SMILES string of the molecule is CN1C(=O)C(C)(C)Oc2ccc(C(O)CN)cc21. The Morgan fingerprint density at radius 1 is 1.50 bits per heavy atom. The minimum absolute atomic E-state index is 0.116. The van der Waals surface area contributed by atoms with Crippen molar-refractivity contribution in [2.75, 3.05) is 18.5 Å². The molecule has 3 N–H and O–H groups in total. The molecule has 0 radical (unpaired) electrons. The zero-order chi connectivity index (χ0) is 13.5. The lowest BCUT2D eigenvalue weighted by molar-refractivity contribution is -0.132. The number of hydrogen-bond acceptors (Lipinski definition) is 4. The Hall–Kier alpha value is -1.59. The summed E-state index contributed by atoms with van der Waals surface area (Å²) in [6, 6.07) is 5.25. The summed E-state index contributed by atoms with van der Waals surface area (Å²) in [5.41, 5.74) is 5.89. The number of amides is 1. The van der Waals surface area contributed by atoms with Crippen LogP contribution in [0.4, 0.5) is 5.69 Å². The van der Waals surface area contributed by atoms with E-state index in [1.807, 2.05) is 0 Å². The van der Waals surface area contributed by atoms with Crippen molar-refractivity contribution in [3.05, 3.63) is 23.8 Å². The third-order valence-electron chi connectivity index (χ3n) is 3.14. The van der Waals surface area contributed by atoms with Gasteiger partial charge >= 0.3 is 0 Å². The van der Waals surface area contributed by atoms with Gasteiger partial charge in [-0.3, -0.25) is 4.79 Å². The molecule has 0 aromatic heterocycles. The van der Waals surface area contributed by atoms with E-state index in [2.05, 4.69) is 0 Å². The number of aliphatic hydroxyl groups excluding tert-OH is 1. The summed E-state index contributed by atoms with van der Waals surface area (Å²) < 4.78 is 5.67. The predicted octanol–water partition coefficient (Wildman–Crippen LogP) is 0.813. The van der Waals surface area contributed by atoms with Crippen LogP contribution < -0.4 is 15.4 Å². The van der Waals surface area contributed by atoms with Crippen LogP contribution in [0.15, 0.2) is 18.2 Å². The second-order valence-corrected chi connectivity index (χ2v) is 4.96. The molecule has 5 heteroatoms. The van der Waals surface area contributed by atoms with Crippen LogP contribution >= 0.6 is 0 Å². The summed E-state index contributed by atoms with van der Waals surface area (Å²) >= 11 is 0. The molecule has 1 amide bonds. The second kappa shape index (κ2) is 4.26. The van der Waals surface area contributed by atoms with Gasteiger partial charge in [0, 0.05) is 13.6 Å². The Morgan fingerprint density at radius 3 is 2.78 bits per heavy atom. The number of fused-ring (bicyclic) bond motifs is 1. The molecular weight excluding hydrogens is 232 g/mol. The number of aliphatic hydroxyl groups is 1. The standard InChI is InChI=1S/C13H18N2O3/c1-13(2)12(17)15(3)9-6-8(10(16)7-14)4-5-11(9)18-13/h4-6,10,16H,7,14H2,1-3H3. The zero-order valence-corrected chi connectivity index (χ0v) is 10.8. The number of carbonyl (C=O) groups excluding carboxylic acids is 1. The minimum Gasteiger partial charge on any atom is -0.476 e. The maximum atomic E-state index is 12.1. The van der Waals surface area contributed by atoms with E-state index < -0.39 is 11.7 Å². The van der Waals surface area contributed by atoms with Crippen molar-refractivity contribution in [3.63, 3.8) is 0 Å². The Kier molecular flexibility index (Phi) is 3.04. The largest absolute Gasteiger partial charge is 0.476 e. The van der Waals surface area contributed by atoms with Gasteiger partial charge in [-0.15, -0.1) is 0 Å². The monoisotopic (exact) mass is 250 g/mol. The first-order valence-corrected chi connectivity index (χ1v) is 5.86. The smallest absolute Gasteiger partial charge is 0.270 e. The molecule has 1 atom stereocenters. The number of hydrogen-bond donors (Lipinski definition) is 2. The van der Waals surface area contributed by atoms with E-state index in [1.54, 1.807) is 44.0 Å². The van der Waals surface area contributed by atoms with Crippen LogP contribution in [0.3, 0.4) is 0 Å². The molecule has 1 heterocycles. The molecule has 1 aliphatic rings. The lowest BCUT2D eigenvalue weighted by Gasteiger charge is -2.37.